The highest BCUT2D eigenvalue weighted by Gasteiger charge is 2.15. The maximum atomic E-state index is 12.1. The lowest BCUT2D eigenvalue weighted by molar-refractivity contribution is 0.229. The summed E-state index contributed by atoms with van der Waals surface area (Å²) in [5, 5.41) is 19.3. The van der Waals surface area contributed by atoms with Gasteiger partial charge in [-0.2, -0.15) is 11.3 Å². The second-order valence-electron chi connectivity index (χ2n) is 6.44. The van der Waals surface area contributed by atoms with Gasteiger partial charge in [-0.25, -0.2) is 9.78 Å². The molecule has 0 saturated carbocycles. The topological polar surface area (TPSA) is 77.5 Å². The van der Waals surface area contributed by atoms with Crippen LogP contribution in [0, 0.1) is 0 Å². The molecule has 0 spiro atoms. The number of likely N-dealkylation sites (N-methyl/N-ethyl adjacent to an activating group) is 1. The summed E-state index contributed by atoms with van der Waals surface area (Å²) in [6.45, 7) is 2.54. The molecule has 0 bridgehead atoms. The van der Waals surface area contributed by atoms with Crippen LogP contribution < -0.4 is 10.6 Å². The van der Waals surface area contributed by atoms with Crippen LogP contribution in [-0.4, -0.2) is 53.7 Å². The number of rotatable bonds is 8. The average Bonchev–Trinajstić information content (AvgIpc) is 3.05. The number of carbonyl (C=O) groups is 1. The Bertz CT molecular complexity index is 644. The normalized spacial score (nSPS) is 13.4. The Morgan fingerprint density at radius 1 is 1.28 bits per heavy atom. The third kappa shape index (κ3) is 6.72. The molecule has 3 N–H and O–H groups in total. The van der Waals surface area contributed by atoms with Crippen LogP contribution in [0.4, 0.5) is 4.79 Å². The Morgan fingerprint density at radius 3 is 2.68 bits per heavy atom. The van der Waals surface area contributed by atoms with Gasteiger partial charge in [0.15, 0.2) is 0 Å². The Balaban J connectivity index is 1.79. The Kier molecular flexibility index (Phi) is 7.21. The zero-order valence-electron chi connectivity index (χ0n) is 14.9. The van der Waals surface area contributed by atoms with E-state index in [9.17, 15) is 9.90 Å². The molecule has 0 fully saturated rings. The fourth-order valence-electron chi connectivity index (χ4n) is 2.55. The van der Waals surface area contributed by atoms with Crippen LogP contribution in [0.15, 0.2) is 35.2 Å². The van der Waals surface area contributed by atoms with Crippen LogP contribution in [0.2, 0.25) is 0 Å². The minimum atomic E-state index is -0.154. The van der Waals surface area contributed by atoms with Crippen molar-refractivity contribution < 1.29 is 9.90 Å². The molecule has 0 unspecified atom stereocenters. The van der Waals surface area contributed by atoms with Gasteiger partial charge in [-0.1, -0.05) is 6.07 Å². The predicted octanol–water partition coefficient (Wildman–Crippen LogP) is 2.25. The molecule has 0 aliphatic rings. The van der Waals surface area contributed by atoms with Crippen molar-refractivity contribution in [2.45, 2.75) is 31.8 Å². The maximum absolute atomic E-state index is 12.1. The lowest BCUT2D eigenvalue weighted by Gasteiger charge is -2.25. The second kappa shape index (κ2) is 9.39. The van der Waals surface area contributed by atoms with Gasteiger partial charge in [-0.05, 0) is 61.8 Å². The van der Waals surface area contributed by atoms with E-state index in [1.54, 1.807) is 23.6 Å². The van der Waals surface area contributed by atoms with Gasteiger partial charge in [0.2, 0.25) is 5.88 Å². The highest BCUT2D eigenvalue weighted by atomic mass is 32.1. The number of carbonyl (C=O) groups excluding carboxylic acids is 1. The van der Waals surface area contributed by atoms with E-state index in [0.29, 0.717) is 6.54 Å². The standard InChI is InChI=1S/C18H26N4O2S/c1-13(8-15-6-7-25-12-15)21-18(24)20-11-16(22(2)3)9-14-4-5-17(23)19-10-14/h4-7,10,12-13,16H,8-9,11H2,1-3H3,(H,19,23)(H2,20,21,24)/t13-,16-/m0/s1. The highest BCUT2D eigenvalue weighted by molar-refractivity contribution is 7.07. The number of thiophene rings is 1. The number of urea groups is 1. The zero-order valence-corrected chi connectivity index (χ0v) is 15.7. The lowest BCUT2D eigenvalue weighted by Crippen LogP contribution is -2.47. The molecule has 0 radical (unpaired) electrons. The van der Waals surface area contributed by atoms with Crippen molar-refractivity contribution in [2.75, 3.05) is 20.6 Å². The van der Waals surface area contributed by atoms with Crippen LogP contribution >= 0.6 is 11.3 Å². The number of nitrogens with one attached hydrogen (secondary N) is 2. The van der Waals surface area contributed by atoms with E-state index in [1.807, 2.05) is 32.5 Å². The SMILES string of the molecule is C[C@@H](Cc1ccsc1)NC(=O)NC[C@H](Cc1ccc(O)nc1)N(C)C. The second-order valence-corrected chi connectivity index (χ2v) is 7.22. The van der Waals surface area contributed by atoms with Crippen LogP contribution in [0.3, 0.4) is 0 Å². The molecule has 0 saturated heterocycles. The molecule has 2 aromatic heterocycles. The van der Waals surface area contributed by atoms with E-state index in [0.717, 1.165) is 18.4 Å². The van der Waals surface area contributed by atoms with Crippen molar-refractivity contribution in [2.24, 2.45) is 0 Å². The van der Waals surface area contributed by atoms with E-state index in [2.05, 4.69) is 32.0 Å². The van der Waals surface area contributed by atoms with Crippen molar-refractivity contribution in [3.8, 4) is 5.88 Å². The Labute approximate surface area is 152 Å². The molecule has 0 aliphatic carbocycles. The van der Waals surface area contributed by atoms with Crippen molar-refractivity contribution in [3.05, 3.63) is 46.3 Å². The van der Waals surface area contributed by atoms with Crippen LogP contribution in [0.25, 0.3) is 0 Å². The largest absolute Gasteiger partial charge is 0.493 e. The summed E-state index contributed by atoms with van der Waals surface area (Å²) in [5.74, 6) is 0.0160. The predicted molar refractivity (Wildman–Crippen MR) is 101 cm³/mol. The molecular formula is C18H26N4O2S. The van der Waals surface area contributed by atoms with Gasteiger partial charge >= 0.3 is 6.03 Å². The number of hydrogen-bond acceptors (Lipinski definition) is 5. The number of aromatic hydroxyl groups is 1. The van der Waals surface area contributed by atoms with Crippen molar-refractivity contribution in [1.82, 2.24) is 20.5 Å². The van der Waals surface area contributed by atoms with Crippen molar-refractivity contribution in [3.63, 3.8) is 0 Å². The molecule has 2 aromatic rings. The van der Waals surface area contributed by atoms with Gasteiger partial charge in [-0.3, -0.25) is 0 Å². The zero-order chi connectivity index (χ0) is 18.2. The maximum Gasteiger partial charge on any atom is 0.315 e. The number of aromatic nitrogens is 1. The fraction of sp³-hybridized carbons (Fsp3) is 0.444. The first-order valence-corrected chi connectivity index (χ1v) is 9.24. The summed E-state index contributed by atoms with van der Waals surface area (Å²) in [4.78, 5) is 18.1. The summed E-state index contributed by atoms with van der Waals surface area (Å²) in [5.41, 5.74) is 2.26. The number of pyridine rings is 1. The fourth-order valence-corrected chi connectivity index (χ4v) is 3.23. The van der Waals surface area contributed by atoms with Gasteiger partial charge < -0.3 is 20.6 Å². The molecule has 6 nitrogen and oxygen atoms in total. The minimum Gasteiger partial charge on any atom is -0.493 e. The summed E-state index contributed by atoms with van der Waals surface area (Å²) in [6, 6.07) is 5.57. The van der Waals surface area contributed by atoms with Gasteiger partial charge in [0, 0.05) is 30.9 Å². The van der Waals surface area contributed by atoms with E-state index < -0.39 is 0 Å². The number of amides is 2. The third-order valence-corrected chi connectivity index (χ3v) is 4.74. The Hall–Kier alpha value is -2.12. The molecule has 136 valence electrons. The molecule has 2 atom stereocenters. The molecule has 0 aliphatic heterocycles. The first kappa shape index (κ1) is 19.2. The third-order valence-electron chi connectivity index (χ3n) is 4.01. The molecule has 2 rings (SSSR count). The van der Waals surface area contributed by atoms with E-state index in [4.69, 9.17) is 0 Å². The highest BCUT2D eigenvalue weighted by Crippen LogP contribution is 2.10. The van der Waals surface area contributed by atoms with Gasteiger partial charge in [0.25, 0.3) is 0 Å². The van der Waals surface area contributed by atoms with Gasteiger partial charge in [-0.15, -0.1) is 0 Å². The lowest BCUT2D eigenvalue weighted by atomic mass is 10.1. The summed E-state index contributed by atoms with van der Waals surface area (Å²) < 4.78 is 0. The van der Waals surface area contributed by atoms with Crippen LogP contribution in [-0.2, 0) is 12.8 Å². The van der Waals surface area contributed by atoms with E-state index in [1.165, 1.54) is 5.56 Å². The Morgan fingerprint density at radius 2 is 2.08 bits per heavy atom. The first-order valence-electron chi connectivity index (χ1n) is 8.30. The summed E-state index contributed by atoms with van der Waals surface area (Å²) in [6.07, 6.45) is 3.23. The molecule has 0 aromatic carbocycles. The molecular weight excluding hydrogens is 336 g/mol. The van der Waals surface area contributed by atoms with Crippen LogP contribution in [0.5, 0.6) is 5.88 Å². The van der Waals surface area contributed by atoms with E-state index >= 15 is 0 Å². The average molecular weight is 362 g/mol. The first-order chi connectivity index (χ1) is 11.9. The minimum absolute atomic E-state index is 0.0160. The smallest absolute Gasteiger partial charge is 0.315 e. The summed E-state index contributed by atoms with van der Waals surface area (Å²) in [7, 11) is 3.97. The molecule has 2 amide bonds. The molecule has 25 heavy (non-hydrogen) atoms. The van der Waals surface area contributed by atoms with E-state index in [-0.39, 0.29) is 24.0 Å². The van der Waals surface area contributed by atoms with Crippen LogP contribution in [0.1, 0.15) is 18.1 Å². The summed E-state index contributed by atoms with van der Waals surface area (Å²) >= 11 is 1.66. The van der Waals surface area contributed by atoms with Gasteiger partial charge in [0.1, 0.15) is 0 Å². The van der Waals surface area contributed by atoms with Crippen molar-refractivity contribution >= 4 is 17.4 Å². The number of nitrogens with zero attached hydrogens (tertiary/aromatic N) is 2. The number of hydrogen-bond donors (Lipinski definition) is 3. The molecule has 7 heteroatoms. The monoisotopic (exact) mass is 362 g/mol. The molecule has 2 heterocycles. The van der Waals surface area contributed by atoms with Crippen molar-refractivity contribution in [1.29, 1.82) is 0 Å². The quantitative estimate of drug-likeness (QED) is 0.673. The van der Waals surface area contributed by atoms with Gasteiger partial charge in [0.05, 0.1) is 0 Å².